The van der Waals surface area contributed by atoms with E-state index in [1.807, 2.05) is 42.5 Å². The number of imidazole rings is 1. The third-order valence-electron chi connectivity index (χ3n) is 4.92. The smallest absolute Gasteiger partial charge is 0.323 e. The number of halogens is 1. The number of fused-ring (bicyclic) bond motifs is 1. The molecule has 2 heterocycles. The van der Waals surface area contributed by atoms with Crippen LogP contribution in [0.2, 0.25) is 5.02 Å². The van der Waals surface area contributed by atoms with E-state index in [1.165, 1.54) is 0 Å². The molecule has 1 fully saturated rings. The Morgan fingerprint density at radius 1 is 1.19 bits per heavy atom. The van der Waals surface area contributed by atoms with Crippen LogP contribution < -0.4 is 15.9 Å². The zero-order chi connectivity index (χ0) is 18.8. The average Bonchev–Trinajstić information content (AvgIpc) is 3.01. The maximum atomic E-state index is 12.5. The zero-order valence-corrected chi connectivity index (χ0v) is 15.6. The van der Waals surface area contributed by atoms with Crippen LogP contribution in [0.25, 0.3) is 11.0 Å². The number of hydrogen-bond donors (Lipinski definition) is 3. The molecule has 1 amide bonds. The Morgan fingerprint density at radius 3 is 2.85 bits per heavy atom. The van der Waals surface area contributed by atoms with Gasteiger partial charge in [0, 0.05) is 19.1 Å². The van der Waals surface area contributed by atoms with E-state index in [2.05, 4.69) is 20.2 Å². The van der Waals surface area contributed by atoms with Gasteiger partial charge in [0.1, 0.15) is 0 Å². The van der Waals surface area contributed by atoms with Crippen LogP contribution in [-0.4, -0.2) is 35.0 Å². The van der Waals surface area contributed by atoms with Crippen molar-refractivity contribution in [3.63, 3.8) is 0 Å². The van der Waals surface area contributed by atoms with Gasteiger partial charge in [-0.3, -0.25) is 4.79 Å². The van der Waals surface area contributed by atoms with Crippen LogP contribution in [0.5, 0.6) is 0 Å². The molecular weight excluding hydrogens is 364 g/mol. The lowest BCUT2D eigenvalue weighted by atomic mass is 10.0. The summed E-state index contributed by atoms with van der Waals surface area (Å²) in [5.41, 5.74) is 3.10. The SMILES string of the molecule is O=C(Cc1ccc2[nH]c(=O)[nH]c2c1)NC1CCCN(c2ccccc2Cl)C1. The zero-order valence-electron chi connectivity index (χ0n) is 14.8. The predicted octanol–water partition coefficient (Wildman–Crippen LogP) is 2.84. The Bertz CT molecular complexity index is 1030. The summed E-state index contributed by atoms with van der Waals surface area (Å²) in [4.78, 5) is 31.5. The summed E-state index contributed by atoms with van der Waals surface area (Å²) in [7, 11) is 0. The topological polar surface area (TPSA) is 81.0 Å². The molecule has 3 aromatic rings. The molecule has 2 aromatic carbocycles. The van der Waals surface area contributed by atoms with Crippen molar-refractivity contribution < 1.29 is 4.79 Å². The van der Waals surface area contributed by atoms with Crippen molar-refractivity contribution in [1.82, 2.24) is 15.3 Å². The molecule has 0 aliphatic carbocycles. The van der Waals surface area contributed by atoms with Gasteiger partial charge >= 0.3 is 5.69 Å². The first-order valence-corrected chi connectivity index (χ1v) is 9.46. The lowest BCUT2D eigenvalue weighted by molar-refractivity contribution is -0.121. The number of hydrogen-bond acceptors (Lipinski definition) is 3. The van der Waals surface area contributed by atoms with Gasteiger partial charge in [-0.05, 0) is 42.7 Å². The molecule has 1 aromatic heterocycles. The molecule has 1 atom stereocenters. The summed E-state index contributed by atoms with van der Waals surface area (Å²) in [6, 6.07) is 13.4. The number of para-hydroxylation sites is 1. The Kier molecular flexibility index (Phi) is 4.90. The van der Waals surface area contributed by atoms with Crippen LogP contribution >= 0.6 is 11.6 Å². The first-order valence-electron chi connectivity index (χ1n) is 9.08. The fourth-order valence-electron chi connectivity index (χ4n) is 3.68. The van der Waals surface area contributed by atoms with Crippen LogP contribution in [-0.2, 0) is 11.2 Å². The minimum absolute atomic E-state index is 0.0155. The van der Waals surface area contributed by atoms with Gasteiger partial charge in [0.15, 0.2) is 0 Å². The van der Waals surface area contributed by atoms with Gasteiger partial charge in [-0.25, -0.2) is 4.79 Å². The fraction of sp³-hybridized carbons (Fsp3) is 0.300. The Labute approximate surface area is 161 Å². The minimum Gasteiger partial charge on any atom is -0.368 e. The number of nitrogens with zero attached hydrogens (tertiary/aromatic N) is 1. The van der Waals surface area contributed by atoms with E-state index in [-0.39, 0.29) is 24.1 Å². The molecule has 3 N–H and O–H groups in total. The molecule has 0 spiro atoms. The van der Waals surface area contributed by atoms with Crippen molar-refractivity contribution in [2.45, 2.75) is 25.3 Å². The number of nitrogens with one attached hydrogen (secondary N) is 3. The highest BCUT2D eigenvalue weighted by Crippen LogP contribution is 2.27. The number of aromatic amines is 2. The number of anilines is 1. The second-order valence-corrected chi connectivity index (χ2v) is 7.35. The molecule has 0 saturated carbocycles. The summed E-state index contributed by atoms with van der Waals surface area (Å²) in [6.45, 7) is 1.69. The van der Waals surface area contributed by atoms with E-state index >= 15 is 0 Å². The number of carbonyl (C=O) groups excluding carboxylic acids is 1. The average molecular weight is 385 g/mol. The Morgan fingerprint density at radius 2 is 2.00 bits per heavy atom. The minimum atomic E-state index is -0.242. The van der Waals surface area contributed by atoms with Crippen LogP contribution in [0.4, 0.5) is 5.69 Å². The second kappa shape index (κ2) is 7.48. The molecule has 7 heteroatoms. The van der Waals surface area contributed by atoms with Gasteiger partial charge in [0.2, 0.25) is 5.91 Å². The number of amides is 1. The van der Waals surface area contributed by atoms with Crippen molar-refractivity contribution in [2.24, 2.45) is 0 Å². The largest absolute Gasteiger partial charge is 0.368 e. The Hall–Kier alpha value is -2.73. The molecular formula is C20H21ClN4O2. The molecule has 140 valence electrons. The van der Waals surface area contributed by atoms with Crippen molar-refractivity contribution in [3.8, 4) is 0 Å². The quantitative estimate of drug-likeness (QED) is 0.647. The number of benzene rings is 2. The van der Waals surface area contributed by atoms with Crippen molar-refractivity contribution in [3.05, 3.63) is 63.5 Å². The van der Waals surface area contributed by atoms with E-state index in [4.69, 9.17) is 11.6 Å². The second-order valence-electron chi connectivity index (χ2n) is 6.94. The normalized spacial score (nSPS) is 17.2. The standard InChI is InChI=1S/C20H21ClN4O2/c21-15-5-1-2-6-18(15)25-9-3-4-14(12-25)22-19(26)11-13-7-8-16-17(10-13)24-20(27)23-16/h1-2,5-8,10,14H,3-4,9,11-12H2,(H,22,26)(H2,23,24,27). The Balaban J connectivity index is 1.39. The monoisotopic (exact) mass is 384 g/mol. The fourth-order valence-corrected chi connectivity index (χ4v) is 3.93. The van der Waals surface area contributed by atoms with Gasteiger partial charge in [-0.1, -0.05) is 29.8 Å². The molecule has 1 aliphatic heterocycles. The van der Waals surface area contributed by atoms with Crippen molar-refractivity contribution >= 4 is 34.2 Å². The maximum absolute atomic E-state index is 12.5. The number of H-pyrrole nitrogens is 2. The van der Waals surface area contributed by atoms with Crippen LogP contribution in [0.15, 0.2) is 47.3 Å². The van der Waals surface area contributed by atoms with E-state index in [0.29, 0.717) is 5.52 Å². The molecule has 27 heavy (non-hydrogen) atoms. The van der Waals surface area contributed by atoms with E-state index < -0.39 is 0 Å². The van der Waals surface area contributed by atoms with Gasteiger partial charge < -0.3 is 20.2 Å². The van der Waals surface area contributed by atoms with E-state index in [9.17, 15) is 9.59 Å². The van der Waals surface area contributed by atoms with Crippen LogP contribution in [0, 0.1) is 0 Å². The lowest BCUT2D eigenvalue weighted by Gasteiger charge is -2.35. The molecule has 0 bridgehead atoms. The summed E-state index contributed by atoms with van der Waals surface area (Å²) < 4.78 is 0. The number of carbonyl (C=O) groups is 1. The molecule has 6 nitrogen and oxygen atoms in total. The van der Waals surface area contributed by atoms with Gasteiger partial charge in [-0.2, -0.15) is 0 Å². The summed E-state index contributed by atoms with van der Waals surface area (Å²) in [5.74, 6) is -0.0155. The van der Waals surface area contributed by atoms with Crippen LogP contribution in [0.3, 0.4) is 0 Å². The first kappa shape index (κ1) is 17.7. The lowest BCUT2D eigenvalue weighted by Crippen LogP contribution is -2.48. The number of rotatable bonds is 4. The van der Waals surface area contributed by atoms with E-state index in [1.54, 1.807) is 0 Å². The highest BCUT2D eigenvalue weighted by atomic mass is 35.5. The number of aromatic nitrogens is 2. The third-order valence-corrected chi connectivity index (χ3v) is 5.24. The number of piperidine rings is 1. The van der Waals surface area contributed by atoms with Gasteiger partial charge in [0.25, 0.3) is 0 Å². The molecule has 1 saturated heterocycles. The van der Waals surface area contributed by atoms with E-state index in [0.717, 1.165) is 47.7 Å². The molecule has 0 radical (unpaired) electrons. The molecule has 4 rings (SSSR count). The van der Waals surface area contributed by atoms with Crippen LogP contribution in [0.1, 0.15) is 18.4 Å². The van der Waals surface area contributed by atoms with Gasteiger partial charge in [-0.15, -0.1) is 0 Å². The summed E-state index contributed by atoms with van der Waals surface area (Å²) >= 11 is 6.31. The summed E-state index contributed by atoms with van der Waals surface area (Å²) in [5, 5.41) is 3.87. The van der Waals surface area contributed by atoms with Crippen molar-refractivity contribution in [2.75, 3.05) is 18.0 Å². The highest BCUT2D eigenvalue weighted by molar-refractivity contribution is 6.33. The highest BCUT2D eigenvalue weighted by Gasteiger charge is 2.22. The molecule has 1 unspecified atom stereocenters. The first-order chi connectivity index (χ1) is 13.1. The predicted molar refractivity (Wildman–Crippen MR) is 107 cm³/mol. The third kappa shape index (κ3) is 4.01. The molecule has 1 aliphatic rings. The summed E-state index contributed by atoms with van der Waals surface area (Å²) in [6.07, 6.45) is 2.25. The van der Waals surface area contributed by atoms with Gasteiger partial charge in [0.05, 0.1) is 28.2 Å². The van der Waals surface area contributed by atoms with Crippen molar-refractivity contribution in [1.29, 1.82) is 0 Å². The maximum Gasteiger partial charge on any atom is 0.323 e.